The highest BCUT2D eigenvalue weighted by atomic mass is 32.2. The summed E-state index contributed by atoms with van der Waals surface area (Å²) in [5.74, 6) is -6.28. The number of nitrogens with one attached hydrogen (secondary N) is 6. The number of aliphatic hydroxyl groups excluding tert-OH is 1. The van der Waals surface area contributed by atoms with Crippen molar-refractivity contribution in [2.75, 3.05) is 38.2 Å². The van der Waals surface area contributed by atoms with Gasteiger partial charge >= 0.3 is 5.97 Å². The Morgan fingerprint density at radius 1 is 0.662 bits per heavy atom. The number of nitrogens with zero attached hydrogens (tertiary/aromatic N) is 3. The van der Waals surface area contributed by atoms with E-state index in [0.717, 1.165) is 0 Å². The number of aliphatic imine (C=N–C) groups is 2. The SMILES string of the molecule is CSCC[C@H](NC(=O)[C@H](CC(C)C)NC(=O)[C@H](C)NC(=O)[C@H](CCCN=C(N)N)NC(=O)[C@@H]1CCCN1C(=O)[C@@H](N)CC(C)C)C(=O)N[C@@H](CCCN=C(N)N)C(=O)N[C@@H](CO)C(=O)O. The third-order valence-corrected chi connectivity index (χ3v) is 10.8. The number of rotatable bonds is 30. The second-order valence-corrected chi connectivity index (χ2v) is 17.8. The van der Waals surface area contributed by atoms with Gasteiger partial charge in [-0.05, 0) is 88.6 Å². The van der Waals surface area contributed by atoms with Gasteiger partial charge in [0.25, 0.3) is 0 Å². The van der Waals surface area contributed by atoms with E-state index in [9.17, 15) is 48.6 Å². The van der Waals surface area contributed by atoms with Crippen LogP contribution in [0.25, 0.3) is 0 Å². The van der Waals surface area contributed by atoms with Crippen LogP contribution in [-0.2, 0) is 38.4 Å². The molecule has 8 atom stereocenters. The first-order chi connectivity index (χ1) is 30.5. The number of hydrogen-bond donors (Lipinski definition) is 13. The first kappa shape index (κ1) is 57.6. The van der Waals surface area contributed by atoms with Gasteiger partial charge in [0.2, 0.25) is 41.4 Å². The maximum Gasteiger partial charge on any atom is 0.328 e. The van der Waals surface area contributed by atoms with Gasteiger partial charge in [-0.3, -0.25) is 43.5 Å². The summed E-state index contributed by atoms with van der Waals surface area (Å²) in [5, 5.41) is 34.2. The summed E-state index contributed by atoms with van der Waals surface area (Å²) >= 11 is 1.38. The van der Waals surface area contributed by atoms with Crippen LogP contribution in [0, 0.1) is 11.8 Å². The molecule has 25 heteroatoms. The molecule has 370 valence electrons. The van der Waals surface area contributed by atoms with Crippen molar-refractivity contribution in [3.05, 3.63) is 0 Å². The fourth-order valence-electron chi connectivity index (χ4n) is 6.82. The third kappa shape index (κ3) is 21.9. The molecule has 1 aliphatic rings. The van der Waals surface area contributed by atoms with E-state index in [1.54, 1.807) is 6.26 Å². The minimum Gasteiger partial charge on any atom is -0.480 e. The van der Waals surface area contributed by atoms with E-state index in [1.165, 1.54) is 23.6 Å². The first-order valence-electron chi connectivity index (χ1n) is 21.8. The van der Waals surface area contributed by atoms with Gasteiger partial charge in [-0.25, -0.2) is 4.79 Å². The molecule has 18 N–H and O–H groups in total. The molecule has 0 radical (unpaired) electrons. The molecule has 24 nitrogen and oxygen atoms in total. The van der Waals surface area contributed by atoms with Gasteiger partial charge < -0.3 is 75.7 Å². The predicted octanol–water partition coefficient (Wildman–Crippen LogP) is -3.74. The van der Waals surface area contributed by atoms with Crippen molar-refractivity contribution in [1.82, 2.24) is 36.8 Å². The third-order valence-electron chi connectivity index (χ3n) is 10.2. The van der Waals surface area contributed by atoms with Crippen LogP contribution in [0.1, 0.15) is 92.4 Å². The lowest BCUT2D eigenvalue weighted by Gasteiger charge is -2.29. The van der Waals surface area contributed by atoms with Crippen molar-refractivity contribution in [2.24, 2.45) is 50.5 Å². The lowest BCUT2D eigenvalue weighted by atomic mass is 10.0. The number of carboxylic acid groups (broad SMARTS) is 1. The summed E-state index contributed by atoms with van der Waals surface area (Å²) in [7, 11) is 0. The minimum absolute atomic E-state index is 0.0440. The molecule has 0 unspecified atom stereocenters. The largest absolute Gasteiger partial charge is 0.480 e. The lowest BCUT2D eigenvalue weighted by Crippen LogP contribution is -2.60. The monoisotopic (exact) mass is 943 g/mol. The number of aliphatic hydroxyl groups is 1. The minimum atomic E-state index is -1.65. The van der Waals surface area contributed by atoms with Crippen molar-refractivity contribution in [3.8, 4) is 0 Å². The molecule has 0 aromatic rings. The lowest BCUT2D eigenvalue weighted by molar-refractivity contribution is -0.143. The Morgan fingerprint density at radius 2 is 1.12 bits per heavy atom. The number of hydrogen-bond acceptors (Lipinski definition) is 13. The molecule has 0 spiro atoms. The molecule has 1 rings (SSSR count). The maximum absolute atomic E-state index is 13.9. The summed E-state index contributed by atoms with van der Waals surface area (Å²) in [6, 6.07) is -9.45. The second-order valence-electron chi connectivity index (χ2n) is 16.8. The molecule has 0 bridgehead atoms. The number of carbonyl (C=O) groups excluding carboxylic acids is 7. The number of carboxylic acids is 1. The first-order valence-corrected chi connectivity index (χ1v) is 23.2. The van der Waals surface area contributed by atoms with Gasteiger partial charge in [0.05, 0.1) is 12.6 Å². The van der Waals surface area contributed by atoms with Crippen LogP contribution in [-0.4, -0.2) is 161 Å². The number of nitrogens with two attached hydrogens (primary N) is 5. The molecule has 0 saturated carbocycles. The number of likely N-dealkylation sites (tertiary alicyclic amines) is 1. The Kier molecular flexibility index (Phi) is 26.5. The normalized spacial score (nSPS) is 16.7. The standard InChI is InChI=1S/C40H74N14O10S/c1-21(2)18-24(41)37(62)54-16-9-12-30(54)36(61)51-25(10-7-14-46-39(42)43)32(57)48-23(5)31(56)52-28(19-22(3)4)35(60)50-27(13-17-65-6)34(59)49-26(11-8-15-47-40(44)45)33(58)53-29(20-55)38(63)64/h21-30,55H,7-20,41H2,1-6H3,(H,48,57)(H,49,59)(H,50,60)(H,51,61)(H,52,56)(H,53,58)(H,63,64)(H4,42,43,46)(H4,44,45,47)/t23-,24-,25-,26-,27-,28-,29-,30-/m0/s1. The van der Waals surface area contributed by atoms with Gasteiger partial charge in [-0.2, -0.15) is 11.8 Å². The van der Waals surface area contributed by atoms with E-state index in [1.807, 2.05) is 27.7 Å². The van der Waals surface area contributed by atoms with Crippen LogP contribution in [0.15, 0.2) is 9.98 Å². The van der Waals surface area contributed by atoms with Crippen LogP contribution in [0.3, 0.4) is 0 Å². The summed E-state index contributed by atoms with van der Waals surface area (Å²) in [4.78, 5) is 116. The average Bonchev–Trinajstić information content (AvgIpc) is 3.72. The van der Waals surface area contributed by atoms with E-state index in [2.05, 4.69) is 41.9 Å². The molecule has 1 fully saturated rings. The Balaban J connectivity index is 3.25. The molecule has 0 aromatic carbocycles. The molecule has 7 amide bonds. The van der Waals surface area contributed by atoms with Gasteiger partial charge in [0, 0.05) is 19.6 Å². The van der Waals surface area contributed by atoms with Crippen LogP contribution in [0.2, 0.25) is 0 Å². The Hall–Kier alpha value is -5.43. The number of amides is 7. The van der Waals surface area contributed by atoms with Gasteiger partial charge in [-0.15, -0.1) is 0 Å². The summed E-state index contributed by atoms with van der Waals surface area (Å²) < 4.78 is 0. The van der Waals surface area contributed by atoms with E-state index in [-0.39, 0.29) is 81.3 Å². The number of thioether (sulfide) groups is 1. The summed E-state index contributed by atoms with van der Waals surface area (Å²) in [6.45, 7) is 8.52. The van der Waals surface area contributed by atoms with Gasteiger partial charge in [0.1, 0.15) is 42.3 Å². The molecule has 0 aromatic heterocycles. The van der Waals surface area contributed by atoms with E-state index in [4.69, 9.17) is 28.7 Å². The smallest absolute Gasteiger partial charge is 0.328 e. The fraction of sp³-hybridized carbons (Fsp3) is 0.750. The van der Waals surface area contributed by atoms with Crippen LogP contribution in [0.5, 0.6) is 0 Å². The van der Waals surface area contributed by atoms with Gasteiger partial charge in [0.15, 0.2) is 11.9 Å². The summed E-state index contributed by atoms with van der Waals surface area (Å²) in [5.41, 5.74) is 27.9. The van der Waals surface area contributed by atoms with Crippen molar-refractivity contribution in [2.45, 2.75) is 141 Å². The van der Waals surface area contributed by atoms with Crippen molar-refractivity contribution >= 4 is 71.0 Å². The van der Waals surface area contributed by atoms with Crippen molar-refractivity contribution < 1.29 is 48.6 Å². The molecule has 1 saturated heterocycles. The number of aliphatic carboxylic acids is 1. The Bertz CT molecular complexity index is 1660. The Labute approximate surface area is 385 Å². The van der Waals surface area contributed by atoms with E-state index < -0.39 is 96.4 Å². The zero-order valence-electron chi connectivity index (χ0n) is 38.5. The predicted molar refractivity (Wildman–Crippen MR) is 246 cm³/mol. The molecule has 1 aliphatic heterocycles. The van der Waals surface area contributed by atoms with Crippen molar-refractivity contribution in [1.29, 1.82) is 0 Å². The molecule has 1 heterocycles. The van der Waals surface area contributed by atoms with Crippen molar-refractivity contribution in [3.63, 3.8) is 0 Å². The second kappa shape index (κ2) is 29.9. The zero-order chi connectivity index (χ0) is 49.4. The topological polar surface area (TPSA) is 407 Å². The molecular formula is C40H74N14O10S. The zero-order valence-corrected chi connectivity index (χ0v) is 39.3. The number of carbonyl (C=O) groups is 8. The average molecular weight is 943 g/mol. The number of guanidine groups is 2. The van der Waals surface area contributed by atoms with Gasteiger partial charge in [-0.1, -0.05) is 27.7 Å². The highest BCUT2D eigenvalue weighted by Crippen LogP contribution is 2.20. The van der Waals surface area contributed by atoms with E-state index in [0.29, 0.717) is 31.6 Å². The fourth-order valence-corrected chi connectivity index (χ4v) is 7.29. The molecular weight excluding hydrogens is 869 g/mol. The van der Waals surface area contributed by atoms with E-state index >= 15 is 0 Å². The van der Waals surface area contributed by atoms with Crippen LogP contribution >= 0.6 is 11.8 Å². The molecule has 65 heavy (non-hydrogen) atoms. The highest BCUT2D eigenvalue weighted by Gasteiger charge is 2.38. The van der Waals surface area contributed by atoms with Crippen LogP contribution < -0.4 is 60.6 Å². The summed E-state index contributed by atoms with van der Waals surface area (Å²) in [6.07, 6.45) is 3.82. The Morgan fingerprint density at radius 3 is 1.60 bits per heavy atom. The maximum atomic E-state index is 13.9. The van der Waals surface area contributed by atoms with Crippen LogP contribution in [0.4, 0.5) is 0 Å². The quantitative estimate of drug-likeness (QED) is 0.0187. The highest BCUT2D eigenvalue weighted by molar-refractivity contribution is 7.98. The molecule has 0 aliphatic carbocycles.